The highest BCUT2D eigenvalue weighted by Gasteiger charge is 2.24. The maximum atomic E-state index is 12.8. The van der Waals surface area contributed by atoms with Crippen LogP contribution in [0.25, 0.3) is 17.1 Å². The molecule has 1 fully saturated rings. The molecule has 0 aliphatic carbocycles. The number of phenolic OH excluding ortho intramolecular Hbond substituents is 2. The van der Waals surface area contributed by atoms with Gasteiger partial charge in [0.25, 0.3) is 5.91 Å². The van der Waals surface area contributed by atoms with Crippen LogP contribution in [-0.2, 0) is 11.3 Å². The number of phenols is 2. The number of morpholine rings is 1. The fourth-order valence-electron chi connectivity index (χ4n) is 4.10. The Morgan fingerprint density at radius 1 is 1.09 bits per heavy atom. The second-order valence-corrected chi connectivity index (χ2v) is 8.80. The van der Waals surface area contributed by atoms with Crippen LogP contribution < -0.4 is 5.32 Å². The number of aromatic hydroxyl groups is 2. The summed E-state index contributed by atoms with van der Waals surface area (Å²) >= 11 is 0. The van der Waals surface area contributed by atoms with Gasteiger partial charge in [0.2, 0.25) is 5.82 Å². The van der Waals surface area contributed by atoms with E-state index in [4.69, 9.17) is 9.84 Å². The SMILES string of the molecule is CC(C)c1cc(-c2nnc(C(=O)NCCO)n2-c2ccc(CN3CCOCC3)cc2)c(O)cc1O. The van der Waals surface area contributed by atoms with E-state index in [2.05, 4.69) is 20.4 Å². The number of nitrogens with one attached hydrogen (secondary N) is 1. The lowest BCUT2D eigenvalue weighted by atomic mass is 9.98. The van der Waals surface area contributed by atoms with Crippen LogP contribution >= 0.6 is 0 Å². The van der Waals surface area contributed by atoms with E-state index in [1.165, 1.54) is 6.07 Å². The van der Waals surface area contributed by atoms with E-state index in [0.717, 1.165) is 38.4 Å². The molecule has 0 unspecified atom stereocenters. The minimum atomic E-state index is -0.502. The van der Waals surface area contributed by atoms with Crippen LogP contribution in [0.3, 0.4) is 0 Å². The number of amides is 1. The fourth-order valence-corrected chi connectivity index (χ4v) is 4.10. The van der Waals surface area contributed by atoms with E-state index in [0.29, 0.717) is 16.8 Å². The van der Waals surface area contributed by atoms with Gasteiger partial charge in [-0.25, -0.2) is 0 Å². The molecular formula is C25H31N5O5. The summed E-state index contributed by atoms with van der Waals surface area (Å²) in [5, 5.41) is 41.0. The Morgan fingerprint density at radius 3 is 2.46 bits per heavy atom. The van der Waals surface area contributed by atoms with E-state index in [9.17, 15) is 15.0 Å². The summed E-state index contributed by atoms with van der Waals surface area (Å²) < 4.78 is 6.99. The average Bonchev–Trinajstić information content (AvgIpc) is 3.28. The van der Waals surface area contributed by atoms with Crippen LogP contribution in [0.1, 0.15) is 41.5 Å². The summed E-state index contributed by atoms with van der Waals surface area (Å²) in [6.45, 7) is 7.73. The molecule has 35 heavy (non-hydrogen) atoms. The molecule has 0 radical (unpaired) electrons. The number of carbonyl (C=O) groups is 1. The van der Waals surface area contributed by atoms with Crippen molar-refractivity contribution < 1.29 is 24.9 Å². The third-order valence-electron chi connectivity index (χ3n) is 5.98. The first-order valence-electron chi connectivity index (χ1n) is 11.7. The normalized spacial score (nSPS) is 14.4. The van der Waals surface area contributed by atoms with Crippen molar-refractivity contribution in [3.05, 3.63) is 53.3 Å². The van der Waals surface area contributed by atoms with Crippen LogP contribution in [0.4, 0.5) is 0 Å². The molecule has 3 aromatic rings. The van der Waals surface area contributed by atoms with E-state index >= 15 is 0 Å². The van der Waals surface area contributed by atoms with Crippen LogP contribution in [-0.4, -0.2) is 80.3 Å². The van der Waals surface area contributed by atoms with Gasteiger partial charge in [-0.1, -0.05) is 26.0 Å². The number of aliphatic hydroxyl groups excluding tert-OH is 1. The van der Waals surface area contributed by atoms with E-state index in [-0.39, 0.29) is 42.2 Å². The number of aromatic nitrogens is 3. The summed E-state index contributed by atoms with van der Waals surface area (Å²) in [4.78, 5) is 15.1. The Kier molecular flexibility index (Phi) is 7.64. The smallest absolute Gasteiger partial charge is 0.289 e. The molecule has 10 nitrogen and oxygen atoms in total. The lowest BCUT2D eigenvalue weighted by Crippen LogP contribution is -2.35. The van der Waals surface area contributed by atoms with Gasteiger partial charge in [-0.15, -0.1) is 10.2 Å². The third-order valence-corrected chi connectivity index (χ3v) is 5.98. The molecular weight excluding hydrogens is 450 g/mol. The van der Waals surface area contributed by atoms with Crippen LogP contribution in [0.5, 0.6) is 11.5 Å². The largest absolute Gasteiger partial charge is 0.508 e. The highest BCUT2D eigenvalue weighted by molar-refractivity contribution is 5.92. The van der Waals surface area contributed by atoms with Crippen molar-refractivity contribution >= 4 is 5.91 Å². The molecule has 10 heteroatoms. The summed E-state index contributed by atoms with van der Waals surface area (Å²) in [7, 11) is 0. The zero-order valence-corrected chi connectivity index (χ0v) is 19.9. The Hall–Kier alpha value is -3.47. The molecule has 1 amide bonds. The van der Waals surface area contributed by atoms with Crippen LogP contribution in [0, 0.1) is 0 Å². The molecule has 2 heterocycles. The van der Waals surface area contributed by atoms with Gasteiger partial charge in [-0.3, -0.25) is 14.3 Å². The number of nitrogens with zero attached hydrogens (tertiary/aromatic N) is 4. The lowest BCUT2D eigenvalue weighted by Gasteiger charge is -2.26. The zero-order valence-electron chi connectivity index (χ0n) is 19.9. The second-order valence-electron chi connectivity index (χ2n) is 8.80. The second kappa shape index (κ2) is 10.9. The highest BCUT2D eigenvalue weighted by atomic mass is 16.5. The van der Waals surface area contributed by atoms with Crippen molar-refractivity contribution in [1.29, 1.82) is 0 Å². The third kappa shape index (κ3) is 5.45. The summed E-state index contributed by atoms with van der Waals surface area (Å²) in [5.74, 6) is -0.407. The quantitative estimate of drug-likeness (QED) is 0.384. The molecule has 0 spiro atoms. The number of aliphatic hydroxyl groups is 1. The molecule has 1 aliphatic heterocycles. The molecule has 0 saturated carbocycles. The maximum absolute atomic E-state index is 12.8. The predicted molar refractivity (Wildman–Crippen MR) is 130 cm³/mol. The van der Waals surface area contributed by atoms with Crippen LogP contribution in [0.15, 0.2) is 36.4 Å². The highest BCUT2D eigenvalue weighted by Crippen LogP contribution is 2.38. The topological polar surface area (TPSA) is 133 Å². The number of ether oxygens (including phenoxy) is 1. The summed E-state index contributed by atoms with van der Waals surface area (Å²) in [6, 6.07) is 10.7. The number of hydrogen-bond donors (Lipinski definition) is 4. The van der Waals surface area contributed by atoms with Crippen molar-refractivity contribution in [3.8, 4) is 28.6 Å². The Morgan fingerprint density at radius 2 is 1.80 bits per heavy atom. The fraction of sp³-hybridized carbons (Fsp3) is 0.400. The molecule has 1 aromatic heterocycles. The lowest BCUT2D eigenvalue weighted by molar-refractivity contribution is 0.0342. The number of benzene rings is 2. The van der Waals surface area contributed by atoms with Crippen molar-refractivity contribution in [1.82, 2.24) is 25.0 Å². The standard InChI is InChI=1S/C25H31N5O5/c1-16(2)19-13-20(22(33)14-21(19)32)23-27-28-24(25(34)26-7-10-31)30(23)18-5-3-17(4-6-18)15-29-8-11-35-12-9-29/h3-6,13-14,16,31-33H,7-12,15H2,1-2H3,(H,26,34). The van der Waals surface area contributed by atoms with Gasteiger partial charge in [-0.2, -0.15) is 0 Å². The molecule has 1 aliphatic rings. The minimum absolute atomic E-state index is 0.00230. The molecule has 186 valence electrons. The molecule has 4 N–H and O–H groups in total. The predicted octanol–water partition coefficient (Wildman–Crippen LogP) is 2.02. The van der Waals surface area contributed by atoms with Gasteiger partial charge in [0.15, 0.2) is 5.82 Å². The van der Waals surface area contributed by atoms with Gasteiger partial charge in [0, 0.05) is 37.9 Å². The minimum Gasteiger partial charge on any atom is -0.508 e. The molecule has 0 bridgehead atoms. The Bertz CT molecular complexity index is 1170. The molecule has 2 aromatic carbocycles. The Balaban J connectivity index is 1.75. The van der Waals surface area contributed by atoms with Gasteiger partial charge >= 0.3 is 0 Å². The van der Waals surface area contributed by atoms with Gasteiger partial charge in [0.1, 0.15) is 11.5 Å². The number of carbonyl (C=O) groups excluding carboxylic acids is 1. The van der Waals surface area contributed by atoms with Crippen molar-refractivity contribution in [2.24, 2.45) is 0 Å². The zero-order chi connectivity index (χ0) is 24.9. The first kappa shape index (κ1) is 24.6. The van der Waals surface area contributed by atoms with E-state index in [1.807, 2.05) is 38.1 Å². The first-order chi connectivity index (χ1) is 16.9. The average molecular weight is 482 g/mol. The van der Waals surface area contributed by atoms with Gasteiger partial charge in [0.05, 0.1) is 25.4 Å². The molecule has 1 saturated heterocycles. The van der Waals surface area contributed by atoms with Crippen molar-refractivity contribution in [2.45, 2.75) is 26.3 Å². The van der Waals surface area contributed by atoms with Gasteiger partial charge in [-0.05, 0) is 35.2 Å². The van der Waals surface area contributed by atoms with E-state index in [1.54, 1.807) is 10.6 Å². The van der Waals surface area contributed by atoms with Crippen molar-refractivity contribution in [3.63, 3.8) is 0 Å². The summed E-state index contributed by atoms with van der Waals surface area (Å²) in [6.07, 6.45) is 0. The molecule has 0 atom stereocenters. The van der Waals surface area contributed by atoms with Crippen molar-refractivity contribution in [2.75, 3.05) is 39.5 Å². The number of hydrogen-bond acceptors (Lipinski definition) is 8. The van der Waals surface area contributed by atoms with E-state index < -0.39 is 5.91 Å². The maximum Gasteiger partial charge on any atom is 0.289 e. The Labute approximate surface area is 203 Å². The first-order valence-corrected chi connectivity index (χ1v) is 11.7. The summed E-state index contributed by atoms with van der Waals surface area (Å²) in [5.41, 5.74) is 2.74. The molecule has 4 rings (SSSR count). The monoisotopic (exact) mass is 481 g/mol. The number of rotatable bonds is 8. The van der Waals surface area contributed by atoms with Gasteiger partial charge < -0.3 is 25.4 Å². The van der Waals surface area contributed by atoms with Crippen LogP contribution in [0.2, 0.25) is 0 Å².